The molecule has 0 aliphatic rings. The predicted molar refractivity (Wildman–Crippen MR) is 96.1 cm³/mol. The minimum Gasteiger partial charge on any atom is -0.352 e. The fourth-order valence-electron chi connectivity index (χ4n) is 2.40. The van der Waals surface area contributed by atoms with Gasteiger partial charge in [0.25, 0.3) is 5.89 Å². The highest BCUT2D eigenvalue weighted by Crippen LogP contribution is 2.24. The van der Waals surface area contributed by atoms with Crippen molar-refractivity contribution in [2.75, 3.05) is 0 Å². The van der Waals surface area contributed by atoms with Gasteiger partial charge in [0.2, 0.25) is 11.7 Å². The van der Waals surface area contributed by atoms with E-state index < -0.39 is 0 Å². The number of halogens is 1. The molecule has 0 saturated heterocycles. The minimum atomic E-state index is -0.0543. The zero-order valence-corrected chi connectivity index (χ0v) is 14.8. The van der Waals surface area contributed by atoms with Crippen molar-refractivity contribution in [2.45, 2.75) is 32.9 Å². The lowest BCUT2D eigenvalue weighted by Crippen LogP contribution is -2.34. The lowest BCUT2D eigenvalue weighted by molar-refractivity contribution is -0.122. The summed E-state index contributed by atoms with van der Waals surface area (Å²) in [4.78, 5) is 16.5. The monoisotopic (exact) mass is 358 g/mol. The maximum absolute atomic E-state index is 12.1. The Morgan fingerprint density at radius 2 is 2.20 bits per heavy atom. The molecular weight excluding hydrogens is 340 g/mol. The van der Waals surface area contributed by atoms with Gasteiger partial charge in [0, 0.05) is 22.8 Å². The van der Waals surface area contributed by atoms with Crippen molar-refractivity contribution in [3.63, 3.8) is 0 Å². The molecular formula is C18H19ClN4O2. The van der Waals surface area contributed by atoms with Gasteiger partial charge in [-0.1, -0.05) is 35.8 Å². The largest absolute Gasteiger partial charge is 0.352 e. The van der Waals surface area contributed by atoms with Crippen LogP contribution in [0.3, 0.4) is 0 Å². The van der Waals surface area contributed by atoms with Crippen molar-refractivity contribution in [3.8, 4) is 23.0 Å². The van der Waals surface area contributed by atoms with Gasteiger partial charge in [-0.25, -0.2) is 0 Å². The summed E-state index contributed by atoms with van der Waals surface area (Å²) in [5.41, 5.74) is 1.47. The van der Waals surface area contributed by atoms with Gasteiger partial charge in [-0.05, 0) is 37.6 Å². The first kappa shape index (κ1) is 17.2. The Labute approximate surface area is 150 Å². The van der Waals surface area contributed by atoms with E-state index in [1.54, 1.807) is 16.7 Å². The molecule has 0 radical (unpaired) electrons. The molecule has 0 aliphatic carbocycles. The predicted octanol–water partition coefficient (Wildman–Crippen LogP) is 3.77. The summed E-state index contributed by atoms with van der Waals surface area (Å²) in [5.74, 6) is 0.756. The second-order valence-electron chi connectivity index (χ2n) is 5.83. The smallest absolute Gasteiger partial charge is 0.274 e. The Balaban J connectivity index is 1.80. The molecule has 0 bridgehead atoms. The fraction of sp³-hybridized carbons (Fsp3) is 0.278. The summed E-state index contributed by atoms with van der Waals surface area (Å²) in [5, 5.41) is 7.56. The average molecular weight is 359 g/mol. The Morgan fingerprint density at radius 1 is 1.36 bits per heavy atom. The summed E-state index contributed by atoms with van der Waals surface area (Å²) in [6.45, 7) is 4.20. The Kier molecular flexibility index (Phi) is 5.19. The molecule has 0 spiro atoms. The molecule has 3 aromatic rings. The van der Waals surface area contributed by atoms with Gasteiger partial charge in [0.1, 0.15) is 12.2 Å². The summed E-state index contributed by atoms with van der Waals surface area (Å²) in [7, 11) is 0. The molecule has 6 nitrogen and oxygen atoms in total. The molecule has 2 aromatic heterocycles. The Morgan fingerprint density at radius 3 is 2.96 bits per heavy atom. The molecule has 0 unspecified atom stereocenters. The summed E-state index contributed by atoms with van der Waals surface area (Å²) in [6, 6.07) is 11.1. The van der Waals surface area contributed by atoms with E-state index in [4.69, 9.17) is 16.1 Å². The van der Waals surface area contributed by atoms with Crippen LogP contribution in [0.15, 0.2) is 47.1 Å². The van der Waals surface area contributed by atoms with Crippen molar-refractivity contribution in [1.82, 2.24) is 20.0 Å². The topological polar surface area (TPSA) is 73.0 Å². The first-order chi connectivity index (χ1) is 12.1. The standard InChI is InChI=1S/C18H19ClN4O2/c1-3-12(2)20-16(24)11-23-9-5-8-15(23)18-21-17(22-25-18)13-6-4-7-14(19)10-13/h4-10,12H,3,11H2,1-2H3,(H,20,24)/t12-/m0/s1. The number of carbonyl (C=O) groups is 1. The van der Waals surface area contributed by atoms with E-state index in [2.05, 4.69) is 15.5 Å². The molecule has 130 valence electrons. The summed E-state index contributed by atoms with van der Waals surface area (Å²) < 4.78 is 7.16. The highest BCUT2D eigenvalue weighted by atomic mass is 35.5. The van der Waals surface area contributed by atoms with Crippen LogP contribution < -0.4 is 5.32 Å². The van der Waals surface area contributed by atoms with Crippen molar-refractivity contribution in [1.29, 1.82) is 0 Å². The van der Waals surface area contributed by atoms with Gasteiger partial charge >= 0.3 is 0 Å². The maximum atomic E-state index is 12.1. The van der Waals surface area contributed by atoms with Gasteiger partial charge in [-0.15, -0.1) is 0 Å². The molecule has 3 rings (SSSR count). The van der Waals surface area contributed by atoms with Gasteiger partial charge < -0.3 is 14.4 Å². The average Bonchev–Trinajstić information content (AvgIpc) is 3.23. The first-order valence-electron chi connectivity index (χ1n) is 8.11. The highest BCUT2D eigenvalue weighted by Gasteiger charge is 2.16. The second kappa shape index (κ2) is 7.53. The van der Waals surface area contributed by atoms with E-state index >= 15 is 0 Å². The molecule has 25 heavy (non-hydrogen) atoms. The third-order valence-electron chi connectivity index (χ3n) is 3.89. The van der Waals surface area contributed by atoms with Gasteiger partial charge in [-0.3, -0.25) is 4.79 Å². The Bertz CT molecular complexity index is 871. The fourth-order valence-corrected chi connectivity index (χ4v) is 2.59. The number of hydrogen-bond acceptors (Lipinski definition) is 4. The second-order valence-corrected chi connectivity index (χ2v) is 6.27. The lowest BCUT2D eigenvalue weighted by Gasteiger charge is -2.12. The van der Waals surface area contributed by atoms with E-state index in [1.807, 2.05) is 44.3 Å². The number of nitrogens with zero attached hydrogens (tertiary/aromatic N) is 3. The number of amides is 1. The molecule has 1 amide bonds. The van der Waals surface area contributed by atoms with E-state index in [0.717, 1.165) is 12.0 Å². The molecule has 0 aliphatic heterocycles. The van der Waals surface area contributed by atoms with Crippen LogP contribution in [0.5, 0.6) is 0 Å². The van der Waals surface area contributed by atoms with Crippen molar-refractivity contribution < 1.29 is 9.32 Å². The van der Waals surface area contributed by atoms with Crippen LogP contribution in [0.25, 0.3) is 23.0 Å². The van der Waals surface area contributed by atoms with E-state index in [9.17, 15) is 4.79 Å². The number of benzene rings is 1. The highest BCUT2D eigenvalue weighted by molar-refractivity contribution is 6.30. The summed E-state index contributed by atoms with van der Waals surface area (Å²) in [6.07, 6.45) is 2.70. The van der Waals surface area contributed by atoms with Crippen LogP contribution in [0, 0.1) is 0 Å². The summed E-state index contributed by atoms with van der Waals surface area (Å²) >= 11 is 6.00. The van der Waals surface area contributed by atoms with E-state index in [1.165, 1.54) is 0 Å². The molecule has 7 heteroatoms. The van der Waals surface area contributed by atoms with E-state index in [0.29, 0.717) is 22.4 Å². The van der Waals surface area contributed by atoms with Gasteiger partial charge in [0.05, 0.1) is 0 Å². The van der Waals surface area contributed by atoms with Crippen LogP contribution in [-0.4, -0.2) is 26.7 Å². The van der Waals surface area contributed by atoms with Gasteiger partial charge in [0.15, 0.2) is 0 Å². The molecule has 0 fully saturated rings. The lowest BCUT2D eigenvalue weighted by atomic mass is 10.2. The van der Waals surface area contributed by atoms with Crippen LogP contribution >= 0.6 is 11.6 Å². The molecule has 1 atom stereocenters. The SMILES string of the molecule is CC[C@H](C)NC(=O)Cn1cccc1-c1nc(-c2cccc(Cl)c2)no1. The van der Waals surface area contributed by atoms with Crippen LogP contribution in [0.4, 0.5) is 0 Å². The Hall–Kier alpha value is -2.60. The van der Waals surface area contributed by atoms with E-state index in [-0.39, 0.29) is 18.5 Å². The number of rotatable bonds is 6. The van der Waals surface area contributed by atoms with Gasteiger partial charge in [-0.2, -0.15) is 4.98 Å². The normalized spacial score (nSPS) is 12.1. The molecule has 2 heterocycles. The molecule has 1 N–H and O–H groups in total. The minimum absolute atomic E-state index is 0.0543. The quantitative estimate of drug-likeness (QED) is 0.727. The van der Waals surface area contributed by atoms with Crippen molar-refractivity contribution in [2.24, 2.45) is 0 Å². The number of carbonyl (C=O) groups excluding carboxylic acids is 1. The zero-order valence-electron chi connectivity index (χ0n) is 14.1. The number of hydrogen-bond donors (Lipinski definition) is 1. The zero-order chi connectivity index (χ0) is 17.8. The van der Waals surface area contributed by atoms with Crippen LogP contribution in [-0.2, 0) is 11.3 Å². The van der Waals surface area contributed by atoms with Crippen LogP contribution in [0.2, 0.25) is 5.02 Å². The van der Waals surface area contributed by atoms with Crippen molar-refractivity contribution in [3.05, 3.63) is 47.6 Å². The van der Waals surface area contributed by atoms with Crippen molar-refractivity contribution >= 4 is 17.5 Å². The number of nitrogens with one attached hydrogen (secondary N) is 1. The maximum Gasteiger partial charge on any atom is 0.274 e. The first-order valence-corrected chi connectivity index (χ1v) is 8.49. The molecule has 1 aromatic carbocycles. The van der Waals surface area contributed by atoms with Crippen LogP contribution in [0.1, 0.15) is 20.3 Å². The number of aromatic nitrogens is 3. The third-order valence-corrected chi connectivity index (χ3v) is 4.13. The molecule has 0 saturated carbocycles. The third kappa shape index (κ3) is 4.09.